The standard InChI is InChI=1S/C12H10Br/c13-9-3-5-11-8-7-10-4-1-2-6-12(10)11/h1-3,5-8,11H,9H2/b5-3+. The molecule has 1 radical (unpaired) electrons. The van der Waals surface area contributed by atoms with Gasteiger partial charge in [-0.1, -0.05) is 58.4 Å². The molecule has 0 fully saturated rings. The summed E-state index contributed by atoms with van der Waals surface area (Å²) in [5.41, 5.74) is 2.59. The van der Waals surface area contributed by atoms with E-state index in [0.717, 1.165) is 5.33 Å². The molecule has 0 amide bonds. The Hall–Kier alpha value is -0.820. The first-order valence-corrected chi connectivity index (χ1v) is 5.45. The van der Waals surface area contributed by atoms with Crippen LogP contribution in [0.25, 0.3) is 6.08 Å². The minimum Gasteiger partial charge on any atom is -0.0883 e. The number of rotatable bonds is 2. The minimum atomic E-state index is 0.449. The zero-order valence-electron chi connectivity index (χ0n) is 7.20. The Morgan fingerprint density at radius 1 is 1.54 bits per heavy atom. The average molecular weight is 234 g/mol. The number of fused-ring (bicyclic) bond motifs is 1. The van der Waals surface area contributed by atoms with Gasteiger partial charge in [-0.05, 0) is 17.2 Å². The van der Waals surface area contributed by atoms with Gasteiger partial charge in [-0.15, -0.1) is 0 Å². The van der Waals surface area contributed by atoms with Crippen LogP contribution in [-0.2, 0) is 0 Å². The lowest BCUT2D eigenvalue weighted by Crippen LogP contribution is -1.88. The van der Waals surface area contributed by atoms with Crippen molar-refractivity contribution < 1.29 is 0 Å². The third-order valence-electron chi connectivity index (χ3n) is 2.18. The zero-order chi connectivity index (χ0) is 9.10. The lowest BCUT2D eigenvalue weighted by molar-refractivity contribution is 1.11. The Labute approximate surface area is 87.1 Å². The number of halogens is 1. The first-order chi connectivity index (χ1) is 6.42. The number of allylic oxidation sites excluding steroid dienone is 3. The second-order valence-corrected chi connectivity index (χ2v) is 3.65. The van der Waals surface area contributed by atoms with Crippen LogP contribution >= 0.6 is 15.9 Å². The van der Waals surface area contributed by atoms with Crippen LogP contribution in [0.2, 0.25) is 0 Å². The van der Waals surface area contributed by atoms with Crippen LogP contribution in [0.5, 0.6) is 0 Å². The Bertz CT molecular complexity index is 350. The van der Waals surface area contributed by atoms with Crippen molar-refractivity contribution >= 4 is 22.0 Å². The fourth-order valence-corrected chi connectivity index (χ4v) is 1.78. The van der Waals surface area contributed by atoms with Crippen molar-refractivity contribution in [3.8, 4) is 0 Å². The van der Waals surface area contributed by atoms with E-state index in [0.29, 0.717) is 5.92 Å². The summed E-state index contributed by atoms with van der Waals surface area (Å²) in [6.45, 7) is 0. The molecule has 0 heterocycles. The molecule has 0 saturated carbocycles. The third kappa shape index (κ3) is 1.75. The summed E-state index contributed by atoms with van der Waals surface area (Å²) >= 11 is 3.38. The van der Waals surface area contributed by atoms with Gasteiger partial charge in [-0.3, -0.25) is 0 Å². The van der Waals surface area contributed by atoms with Gasteiger partial charge >= 0.3 is 0 Å². The lowest BCUT2D eigenvalue weighted by Gasteiger charge is -2.03. The number of hydrogen-bond acceptors (Lipinski definition) is 0. The zero-order valence-corrected chi connectivity index (χ0v) is 8.79. The molecule has 0 nitrogen and oxygen atoms in total. The van der Waals surface area contributed by atoms with Crippen LogP contribution in [0.1, 0.15) is 17.0 Å². The largest absolute Gasteiger partial charge is 0.0883 e. The molecule has 0 spiro atoms. The molecule has 0 N–H and O–H groups in total. The maximum Gasteiger partial charge on any atom is 0.0212 e. The van der Waals surface area contributed by atoms with E-state index in [4.69, 9.17) is 0 Å². The van der Waals surface area contributed by atoms with E-state index in [-0.39, 0.29) is 0 Å². The highest BCUT2D eigenvalue weighted by Crippen LogP contribution is 2.30. The maximum absolute atomic E-state index is 3.38. The third-order valence-corrected chi connectivity index (χ3v) is 2.56. The van der Waals surface area contributed by atoms with E-state index in [1.165, 1.54) is 11.1 Å². The second kappa shape index (κ2) is 3.93. The maximum atomic E-state index is 3.38. The van der Waals surface area contributed by atoms with Crippen LogP contribution in [0.4, 0.5) is 0 Å². The summed E-state index contributed by atoms with van der Waals surface area (Å²) < 4.78 is 0. The molecule has 1 aliphatic rings. The Morgan fingerprint density at radius 2 is 2.46 bits per heavy atom. The summed E-state index contributed by atoms with van der Waals surface area (Å²) in [4.78, 5) is 0. The highest BCUT2D eigenvalue weighted by atomic mass is 79.9. The monoisotopic (exact) mass is 233 g/mol. The quantitative estimate of drug-likeness (QED) is 0.542. The molecular formula is C12H10Br. The topological polar surface area (TPSA) is 0 Å². The molecule has 0 saturated heterocycles. The predicted octanol–water partition coefficient (Wildman–Crippen LogP) is 3.55. The van der Waals surface area contributed by atoms with Crippen LogP contribution in [0, 0.1) is 6.07 Å². The van der Waals surface area contributed by atoms with E-state index in [9.17, 15) is 0 Å². The highest BCUT2D eigenvalue weighted by Gasteiger charge is 2.12. The Kier molecular flexibility index (Phi) is 2.65. The number of hydrogen-bond donors (Lipinski definition) is 0. The summed E-state index contributed by atoms with van der Waals surface area (Å²) in [7, 11) is 0. The van der Waals surface area contributed by atoms with E-state index >= 15 is 0 Å². The SMILES string of the molecule is BrC/C=C/C1C=Cc2[c]cccc21. The van der Waals surface area contributed by atoms with Gasteiger partial charge in [0.2, 0.25) is 0 Å². The normalized spacial score (nSPS) is 19.6. The fraction of sp³-hybridized carbons (Fsp3) is 0.167. The molecule has 65 valence electrons. The van der Waals surface area contributed by atoms with Crippen molar-refractivity contribution in [1.29, 1.82) is 0 Å². The lowest BCUT2D eigenvalue weighted by atomic mass is 10.0. The van der Waals surface area contributed by atoms with Gasteiger partial charge in [0.15, 0.2) is 0 Å². The Morgan fingerprint density at radius 3 is 3.31 bits per heavy atom. The van der Waals surface area contributed by atoms with E-state index in [2.05, 4.69) is 52.4 Å². The molecule has 1 heteroatoms. The molecule has 0 aliphatic heterocycles. The van der Waals surface area contributed by atoms with Gasteiger partial charge < -0.3 is 0 Å². The number of alkyl halides is 1. The highest BCUT2D eigenvalue weighted by molar-refractivity contribution is 9.09. The molecule has 1 aromatic carbocycles. The van der Waals surface area contributed by atoms with Crippen molar-refractivity contribution in [3.63, 3.8) is 0 Å². The Balaban J connectivity index is 2.28. The van der Waals surface area contributed by atoms with Crippen LogP contribution in [-0.4, -0.2) is 5.33 Å². The van der Waals surface area contributed by atoms with Gasteiger partial charge in [0.25, 0.3) is 0 Å². The van der Waals surface area contributed by atoms with Crippen molar-refractivity contribution in [2.24, 2.45) is 0 Å². The van der Waals surface area contributed by atoms with Crippen LogP contribution < -0.4 is 0 Å². The van der Waals surface area contributed by atoms with E-state index in [1.807, 2.05) is 12.1 Å². The van der Waals surface area contributed by atoms with Crippen molar-refractivity contribution in [2.45, 2.75) is 5.92 Å². The molecule has 1 unspecified atom stereocenters. The van der Waals surface area contributed by atoms with Crippen molar-refractivity contribution in [3.05, 3.63) is 53.6 Å². The first-order valence-electron chi connectivity index (χ1n) is 4.33. The van der Waals surface area contributed by atoms with Gasteiger partial charge in [-0.2, -0.15) is 0 Å². The molecule has 2 rings (SSSR count). The van der Waals surface area contributed by atoms with Crippen LogP contribution in [0.3, 0.4) is 0 Å². The first kappa shape index (κ1) is 8.76. The molecule has 0 bridgehead atoms. The van der Waals surface area contributed by atoms with Gasteiger partial charge in [0.05, 0.1) is 0 Å². The molecular weight excluding hydrogens is 224 g/mol. The second-order valence-electron chi connectivity index (χ2n) is 3.01. The van der Waals surface area contributed by atoms with Crippen molar-refractivity contribution in [1.82, 2.24) is 0 Å². The predicted molar refractivity (Wildman–Crippen MR) is 60.0 cm³/mol. The molecule has 0 aromatic heterocycles. The van der Waals surface area contributed by atoms with Crippen LogP contribution in [0.15, 0.2) is 36.4 Å². The minimum absolute atomic E-state index is 0.449. The van der Waals surface area contributed by atoms with Crippen molar-refractivity contribution in [2.75, 3.05) is 5.33 Å². The average Bonchev–Trinajstić information content (AvgIpc) is 2.58. The van der Waals surface area contributed by atoms with E-state index < -0.39 is 0 Å². The van der Waals surface area contributed by atoms with Gasteiger partial charge in [0, 0.05) is 11.2 Å². The molecule has 1 atom stereocenters. The number of benzene rings is 1. The van der Waals surface area contributed by atoms with Gasteiger partial charge in [0.1, 0.15) is 0 Å². The molecule has 13 heavy (non-hydrogen) atoms. The molecule has 1 aliphatic carbocycles. The van der Waals surface area contributed by atoms with Gasteiger partial charge in [-0.25, -0.2) is 0 Å². The molecule has 1 aromatic rings. The summed E-state index contributed by atoms with van der Waals surface area (Å²) in [5, 5.41) is 0.920. The summed E-state index contributed by atoms with van der Waals surface area (Å²) in [6, 6.07) is 9.39. The fourth-order valence-electron chi connectivity index (χ4n) is 1.57. The summed E-state index contributed by atoms with van der Waals surface area (Å²) in [5.74, 6) is 0.449. The van der Waals surface area contributed by atoms with E-state index in [1.54, 1.807) is 0 Å². The summed E-state index contributed by atoms with van der Waals surface area (Å²) in [6.07, 6.45) is 8.70. The smallest absolute Gasteiger partial charge is 0.0212 e.